The lowest BCUT2D eigenvalue weighted by molar-refractivity contribution is -0.0701. The number of aliphatic hydroxyl groups is 2. The molecule has 3 heterocycles. The number of phosphoric acid groups is 1. The number of ether oxygens (including phenoxy) is 1. The maximum Gasteiger partial charge on any atom is 0.470 e. The topological polar surface area (TPSA) is 167 Å². The first-order valence-corrected chi connectivity index (χ1v) is 10.9. The van der Waals surface area contributed by atoms with Crippen molar-refractivity contribution < 1.29 is 38.2 Å². The Bertz CT molecular complexity index is 1120. The number of aliphatic hydroxyl groups excluding tert-OH is 2. The number of nitrogens with one attached hydrogen (secondary N) is 1. The van der Waals surface area contributed by atoms with E-state index in [9.17, 15) is 24.0 Å². The van der Waals surface area contributed by atoms with E-state index in [1.54, 1.807) is 6.92 Å². The maximum atomic E-state index is 13.6. The predicted octanol–water partition coefficient (Wildman–Crippen LogP) is 0.880. The summed E-state index contributed by atoms with van der Waals surface area (Å²) >= 11 is 5.16. The van der Waals surface area contributed by atoms with Crippen LogP contribution in [-0.4, -0.2) is 58.4 Å². The van der Waals surface area contributed by atoms with E-state index in [2.05, 4.69) is 9.97 Å². The fraction of sp³-hybridized carbons (Fsp3) is 0.562. The Hall–Kier alpha value is -1.57. The van der Waals surface area contributed by atoms with E-state index in [-0.39, 0.29) is 28.6 Å². The predicted molar refractivity (Wildman–Crippen MR) is 104 cm³/mol. The molecule has 0 spiro atoms. The van der Waals surface area contributed by atoms with Crippen molar-refractivity contribution in [2.75, 3.05) is 0 Å². The first kappa shape index (κ1) is 23.1. The number of nitrogens with zero attached hydrogens (tertiary/aromatic N) is 2. The minimum Gasteiger partial charge on any atom is -0.388 e. The van der Waals surface area contributed by atoms with Crippen LogP contribution >= 0.6 is 20.0 Å². The van der Waals surface area contributed by atoms with Crippen molar-refractivity contribution in [3.8, 4) is 0 Å². The molecule has 30 heavy (non-hydrogen) atoms. The van der Waals surface area contributed by atoms with E-state index in [1.807, 2.05) is 0 Å². The van der Waals surface area contributed by atoms with Gasteiger partial charge in [-0.05, 0) is 31.6 Å². The third-order valence-corrected chi connectivity index (χ3v) is 6.02. The van der Waals surface area contributed by atoms with Gasteiger partial charge in [0.2, 0.25) is 4.77 Å². The van der Waals surface area contributed by atoms with Crippen molar-refractivity contribution in [1.82, 2.24) is 14.5 Å². The van der Waals surface area contributed by atoms with Crippen molar-refractivity contribution in [2.24, 2.45) is 0 Å². The molecule has 1 saturated heterocycles. The number of phosphoric ester groups is 1. The van der Waals surface area contributed by atoms with Gasteiger partial charge >= 0.3 is 7.82 Å². The van der Waals surface area contributed by atoms with E-state index >= 15 is 0 Å². The van der Waals surface area contributed by atoms with Gasteiger partial charge in [-0.15, -0.1) is 0 Å². The van der Waals surface area contributed by atoms with Crippen molar-refractivity contribution in [3.63, 3.8) is 0 Å². The number of aromatic amines is 1. The monoisotopic (exact) mass is 465 g/mol. The van der Waals surface area contributed by atoms with Crippen LogP contribution in [-0.2, 0) is 13.8 Å². The van der Waals surface area contributed by atoms with Crippen LogP contribution in [0.15, 0.2) is 17.1 Å². The average Bonchev–Trinajstić information content (AvgIpc) is 2.89. The highest BCUT2D eigenvalue weighted by molar-refractivity contribution is 7.71. The standard InChI is InChI=1S/C16H21FN3O8PS/c1-3-16(2,28-29(24,25)26)5-9-10(21)11(22)14(27-9)20-6-7-4-8(17)13(23)18-12(7)19-15(20)30/h4,6,9-11,14,21-22H,3,5H2,1-2H3,(H2,24,25,26)(H,18,19,23,30)/t9-,10?,11+,14-,16?/m1/s1. The molecule has 0 amide bonds. The van der Waals surface area contributed by atoms with Crippen LogP contribution in [0.3, 0.4) is 0 Å². The maximum absolute atomic E-state index is 13.6. The number of fused-ring (bicyclic) bond motifs is 1. The Morgan fingerprint density at radius 2 is 2.10 bits per heavy atom. The molecule has 14 heteroatoms. The summed E-state index contributed by atoms with van der Waals surface area (Å²) in [4.78, 5) is 35.9. The first-order valence-electron chi connectivity index (χ1n) is 8.93. The number of halogens is 1. The van der Waals surface area contributed by atoms with Crippen LogP contribution in [0.5, 0.6) is 0 Å². The van der Waals surface area contributed by atoms with Gasteiger partial charge in [0.15, 0.2) is 12.0 Å². The zero-order valence-electron chi connectivity index (χ0n) is 15.9. The smallest absolute Gasteiger partial charge is 0.388 e. The zero-order chi connectivity index (χ0) is 22.4. The summed E-state index contributed by atoms with van der Waals surface area (Å²) in [5, 5.41) is 21.1. The molecule has 166 valence electrons. The lowest BCUT2D eigenvalue weighted by Gasteiger charge is -2.31. The van der Waals surface area contributed by atoms with Crippen LogP contribution in [0.2, 0.25) is 0 Å². The van der Waals surface area contributed by atoms with E-state index in [4.69, 9.17) is 31.3 Å². The molecule has 0 bridgehead atoms. The molecule has 5 N–H and O–H groups in total. The lowest BCUT2D eigenvalue weighted by Crippen LogP contribution is -2.38. The van der Waals surface area contributed by atoms with Gasteiger partial charge in [0.05, 0.1) is 11.7 Å². The van der Waals surface area contributed by atoms with Crippen molar-refractivity contribution in [3.05, 3.63) is 33.2 Å². The van der Waals surface area contributed by atoms with Crippen molar-refractivity contribution in [2.45, 2.75) is 56.8 Å². The van der Waals surface area contributed by atoms with Crippen LogP contribution in [0.25, 0.3) is 11.0 Å². The van der Waals surface area contributed by atoms with Crippen LogP contribution in [0, 0.1) is 10.6 Å². The SMILES string of the molecule is CCC(C)(C[C@H]1O[C@@H](n2cc3cc(F)c(=O)[nH]c3nc2=S)[C@@H](O)C1O)OP(=O)(O)O. The fourth-order valence-corrected chi connectivity index (χ4v) is 4.35. The van der Waals surface area contributed by atoms with E-state index in [0.29, 0.717) is 0 Å². The molecule has 5 atom stereocenters. The summed E-state index contributed by atoms with van der Waals surface area (Å²) in [5.74, 6) is -1.04. The number of H-pyrrole nitrogens is 1. The van der Waals surface area contributed by atoms with Crippen molar-refractivity contribution >= 4 is 31.1 Å². The number of hydrogen-bond donors (Lipinski definition) is 5. The van der Waals surface area contributed by atoms with Gasteiger partial charge in [0, 0.05) is 18.0 Å². The Labute approximate surface area is 174 Å². The molecule has 0 radical (unpaired) electrons. The first-order chi connectivity index (χ1) is 13.8. The molecule has 0 saturated carbocycles. The average molecular weight is 465 g/mol. The molecule has 2 aromatic rings. The third kappa shape index (κ3) is 4.68. The molecular formula is C16H21FN3O8PS. The Kier molecular flexibility index (Phi) is 6.29. The van der Waals surface area contributed by atoms with Gasteiger partial charge in [-0.25, -0.2) is 13.9 Å². The van der Waals surface area contributed by atoms with Gasteiger partial charge in [0.1, 0.15) is 17.9 Å². The van der Waals surface area contributed by atoms with Gasteiger partial charge in [-0.1, -0.05) is 6.92 Å². The summed E-state index contributed by atoms with van der Waals surface area (Å²) in [6, 6.07) is 0.948. The van der Waals surface area contributed by atoms with Crippen LogP contribution in [0.4, 0.5) is 4.39 Å². The molecular weight excluding hydrogens is 444 g/mol. The van der Waals surface area contributed by atoms with Gasteiger partial charge in [0.25, 0.3) is 5.56 Å². The summed E-state index contributed by atoms with van der Waals surface area (Å²) < 4.78 is 36.6. The minimum absolute atomic E-state index is 0.0424. The molecule has 1 aliphatic heterocycles. The molecule has 2 aromatic heterocycles. The van der Waals surface area contributed by atoms with Gasteiger partial charge in [-0.2, -0.15) is 0 Å². The quantitative estimate of drug-likeness (QED) is 0.305. The summed E-state index contributed by atoms with van der Waals surface area (Å²) in [5.41, 5.74) is -2.26. The van der Waals surface area contributed by atoms with Crippen LogP contribution in [0.1, 0.15) is 32.9 Å². The highest BCUT2D eigenvalue weighted by Gasteiger charge is 2.47. The second-order valence-corrected chi connectivity index (χ2v) is 8.85. The van der Waals surface area contributed by atoms with E-state index in [0.717, 1.165) is 6.07 Å². The van der Waals surface area contributed by atoms with E-state index in [1.165, 1.54) is 17.7 Å². The Balaban J connectivity index is 1.92. The number of pyridine rings is 1. The molecule has 3 rings (SSSR count). The second kappa shape index (κ2) is 8.17. The molecule has 0 aliphatic carbocycles. The third-order valence-electron chi connectivity index (χ3n) is 5.04. The van der Waals surface area contributed by atoms with Crippen molar-refractivity contribution in [1.29, 1.82) is 0 Å². The van der Waals surface area contributed by atoms with Gasteiger partial charge in [-0.3, -0.25) is 13.9 Å². The summed E-state index contributed by atoms with van der Waals surface area (Å²) in [6.07, 6.45) is -3.78. The second-order valence-electron chi connectivity index (χ2n) is 7.32. The van der Waals surface area contributed by atoms with Crippen LogP contribution < -0.4 is 5.56 Å². The molecule has 1 aliphatic rings. The number of hydrogen-bond acceptors (Lipinski definition) is 8. The highest BCUT2D eigenvalue weighted by atomic mass is 32.1. The zero-order valence-corrected chi connectivity index (χ0v) is 17.6. The molecule has 1 fully saturated rings. The van der Waals surface area contributed by atoms with E-state index < -0.39 is 49.3 Å². The Morgan fingerprint density at radius 3 is 2.70 bits per heavy atom. The summed E-state index contributed by atoms with van der Waals surface area (Å²) in [7, 11) is -4.81. The molecule has 2 unspecified atom stereocenters. The number of rotatable bonds is 6. The largest absolute Gasteiger partial charge is 0.470 e. The Morgan fingerprint density at radius 1 is 1.43 bits per heavy atom. The number of aromatic nitrogens is 3. The highest BCUT2D eigenvalue weighted by Crippen LogP contribution is 2.46. The van der Waals surface area contributed by atoms with Gasteiger partial charge < -0.3 is 29.7 Å². The molecule has 11 nitrogen and oxygen atoms in total. The normalized spacial score (nSPS) is 26.8. The fourth-order valence-electron chi connectivity index (χ4n) is 3.33. The summed E-state index contributed by atoms with van der Waals surface area (Å²) in [6.45, 7) is 3.09. The molecule has 0 aromatic carbocycles. The lowest BCUT2D eigenvalue weighted by atomic mass is 9.93. The minimum atomic E-state index is -4.81.